The van der Waals surface area contributed by atoms with Crippen LogP contribution >= 0.6 is 0 Å². The summed E-state index contributed by atoms with van der Waals surface area (Å²) in [6.45, 7) is 1.14. The Morgan fingerprint density at radius 2 is 1.82 bits per heavy atom. The van der Waals surface area contributed by atoms with Gasteiger partial charge in [-0.2, -0.15) is 0 Å². The molecule has 0 radical (unpaired) electrons. The molecule has 2 aromatic carbocycles. The Balaban J connectivity index is 1.46. The van der Waals surface area contributed by atoms with Gasteiger partial charge in [0.1, 0.15) is 0 Å². The molecule has 2 amide bonds. The zero-order chi connectivity index (χ0) is 19.9. The summed E-state index contributed by atoms with van der Waals surface area (Å²) < 4.78 is 5.11. The van der Waals surface area contributed by atoms with Crippen LogP contribution in [-0.4, -0.2) is 24.4 Å². The summed E-state index contributed by atoms with van der Waals surface area (Å²) in [7, 11) is 0. The predicted octanol–water partition coefficient (Wildman–Crippen LogP) is 2.92. The molecule has 0 bridgehead atoms. The molecule has 2 N–H and O–H groups in total. The number of benzene rings is 2. The van der Waals surface area contributed by atoms with Crippen LogP contribution in [0.3, 0.4) is 0 Å². The van der Waals surface area contributed by atoms with E-state index >= 15 is 0 Å². The molecule has 3 rings (SSSR count). The van der Waals surface area contributed by atoms with Gasteiger partial charge >= 0.3 is 5.97 Å². The highest BCUT2D eigenvalue weighted by Gasteiger charge is 2.21. The van der Waals surface area contributed by atoms with E-state index in [2.05, 4.69) is 16.7 Å². The predicted molar refractivity (Wildman–Crippen MR) is 106 cm³/mol. The van der Waals surface area contributed by atoms with Gasteiger partial charge in [-0.05, 0) is 48.1 Å². The minimum Gasteiger partial charge on any atom is -0.455 e. The number of esters is 1. The maximum atomic E-state index is 12.2. The number of hydrogen-bond donors (Lipinski definition) is 2. The SMILES string of the molecule is CC(=O)Nc1ccc(CC(=O)OCC(=O)N[C@@H]2CCCc3ccccc32)cc1. The van der Waals surface area contributed by atoms with Gasteiger partial charge in [-0.1, -0.05) is 36.4 Å². The summed E-state index contributed by atoms with van der Waals surface area (Å²) >= 11 is 0. The quantitative estimate of drug-likeness (QED) is 0.755. The second-order valence-electron chi connectivity index (χ2n) is 6.93. The maximum absolute atomic E-state index is 12.2. The number of hydrogen-bond acceptors (Lipinski definition) is 4. The molecular weight excluding hydrogens is 356 g/mol. The van der Waals surface area contributed by atoms with E-state index in [-0.39, 0.29) is 30.9 Å². The number of rotatable bonds is 6. The molecular formula is C22H24N2O4. The summed E-state index contributed by atoms with van der Waals surface area (Å²) in [4.78, 5) is 35.2. The standard InChI is InChI=1S/C22H24N2O4/c1-15(25)23-18-11-9-16(10-12-18)13-22(27)28-14-21(26)24-20-8-4-6-17-5-2-3-7-19(17)20/h2-3,5,7,9-12,20H,4,6,8,13-14H2,1H3,(H,23,25)(H,24,26)/t20-/m1/s1. The maximum Gasteiger partial charge on any atom is 0.310 e. The van der Waals surface area contributed by atoms with Crippen molar-refractivity contribution in [3.8, 4) is 0 Å². The van der Waals surface area contributed by atoms with Crippen molar-refractivity contribution in [3.63, 3.8) is 0 Å². The van der Waals surface area contributed by atoms with Crippen LogP contribution in [0.1, 0.15) is 42.5 Å². The van der Waals surface area contributed by atoms with E-state index in [1.807, 2.05) is 18.2 Å². The highest BCUT2D eigenvalue weighted by Crippen LogP contribution is 2.29. The van der Waals surface area contributed by atoms with Gasteiger partial charge in [-0.15, -0.1) is 0 Å². The van der Waals surface area contributed by atoms with Crippen molar-refractivity contribution in [1.82, 2.24) is 5.32 Å². The Bertz CT molecular complexity index is 861. The monoisotopic (exact) mass is 380 g/mol. The summed E-state index contributed by atoms with van der Waals surface area (Å²) in [5.74, 6) is -0.915. The molecule has 0 aliphatic heterocycles. The van der Waals surface area contributed by atoms with Crippen molar-refractivity contribution >= 4 is 23.5 Å². The fourth-order valence-corrected chi connectivity index (χ4v) is 3.41. The number of fused-ring (bicyclic) bond motifs is 1. The second kappa shape index (κ2) is 9.17. The minimum atomic E-state index is -0.466. The Morgan fingerprint density at radius 3 is 2.57 bits per heavy atom. The van der Waals surface area contributed by atoms with Gasteiger partial charge in [0.15, 0.2) is 6.61 Å². The Morgan fingerprint density at radius 1 is 1.07 bits per heavy atom. The Hall–Kier alpha value is -3.15. The number of carbonyl (C=O) groups is 3. The molecule has 2 aromatic rings. The molecule has 0 heterocycles. The normalized spacial score (nSPS) is 15.2. The van der Waals surface area contributed by atoms with Crippen LogP contribution in [0.5, 0.6) is 0 Å². The third-order valence-electron chi connectivity index (χ3n) is 4.69. The molecule has 6 nitrogen and oxygen atoms in total. The first-order chi connectivity index (χ1) is 13.5. The van der Waals surface area contributed by atoms with Crippen molar-refractivity contribution in [3.05, 3.63) is 65.2 Å². The van der Waals surface area contributed by atoms with E-state index in [9.17, 15) is 14.4 Å². The number of aryl methyl sites for hydroxylation is 1. The molecule has 146 valence electrons. The van der Waals surface area contributed by atoms with Gasteiger partial charge in [-0.25, -0.2) is 0 Å². The third-order valence-corrected chi connectivity index (χ3v) is 4.69. The van der Waals surface area contributed by atoms with E-state index in [4.69, 9.17) is 4.74 Å². The van der Waals surface area contributed by atoms with Crippen LogP contribution in [0.4, 0.5) is 5.69 Å². The highest BCUT2D eigenvalue weighted by atomic mass is 16.5. The lowest BCUT2D eigenvalue weighted by atomic mass is 9.88. The fourth-order valence-electron chi connectivity index (χ4n) is 3.41. The van der Waals surface area contributed by atoms with Gasteiger partial charge in [0.05, 0.1) is 12.5 Å². The van der Waals surface area contributed by atoms with Gasteiger partial charge in [0, 0.05) is 12.6 Å². The fraction of sp³-hybridized carbons (Fsp3) is 0.318. The summed E-state index contributed by atoms with van der Waals surface area (Å²) in [6, 6.07) is 15.0. The Labute approximate surface area is 164 Å². The lowest BCUT2D eigenvalue weighted by Crippen LogP contribution is -2.34. The molecule has 0 saturated carbocycles. The van der Waals surface area contributed by atoms with Crippen molar-refractivity contribution in [1.29, 1.82) is 0 Å². The molecule has 1 aliphatic rings. The van der Waals surface area contributed by atoms with Gasteiger partial charge in [0.2, 0.25) is 5.91 Å². The number of ether oxygens (including phenoxy) is 1. The average molecular weight is 380 g/mol. The lowest BCUT2D eigenvalue weighted by Gasteiger charge is -2.26. The summed E-state index contributed by atoms with van der Waals surface area (Å²) in [5.41, 5.74) is 3.82. The number of anilines is 1. The number of nitrogens with one attached hydrogen (secondary N) is 2. The van der Waals surface area contributed by atoms with Crippen LogP contribution in [0.25, 0.3) is 0 Å². The molecule has 0 aromatic heterocycles. The van der Waals surface area contributed by atoms with Crippen LogP contribution in [0.2, 0.25) is 0 Å². The molecule has 0 fully saturated rings. The van der Waals surface area contributed by atoms with E-state index < -0.39 is 5.97 Å². The largest absolute Gasteiger partial charge is 0.455 e. The van der Waals surface area contributed by atoms with Crippen LogP contribution in [0, 0.1) is 0 Å². The molecule has 0 unspecified atom stereocenters. The first-order valence-corrected chi connectivity index (χ1v) is 9.40. The second-order valence-corrected chi connectivity index (χ2v) is 6.93. The van der Waals surface area contributed by atoms with Gasteiger partial charge < -0.3 is 15.4 Å². The third kappa shape index (κ3) is 5.42. The van der Waals surface area contributed by atoms with Crippen molar-refractivity contribution in [2.24, 2.45) is 0 Å². The van der Waals surface area contributed by atoms with Crippen LogP contribution in [-0.2, 0) is 32.0 Å². The topological polar surface area (TPSA) is 84.5 Å². The molecule has 0 saturated heterocycles. The van der Waals surface area contributed by atoms with Gasteiger partial charge in [-0.3, -0.25) is 14.4 Å². The highest BCUT2D eigenvalue weighted by molar-refractivity contribution is 5.88. The van der Waals surface area contributed by atoms with Crippen molar-refractivity contribution in [2.75, 3.05) is 11.9 Å². The molecule has 1 aliphatic carbocycles. The Kier molecular flexibility index (Phi) is 6.42. The molecule has 6 heteroatoms. The molecule has 0 spiro atoms. The molecule has 28 heavy (non-hydrogen) atoms. The van der Waals surface area contributed by atoms with E-state index in [1.165, 1.54) is 12.5 Å². The zero-order valence-electron chi connectivity index (χ0n) is 15.9. The lowest BCUT2D eigenvalue weighted by molar-refractivity contribution is -0.148. The smallest absolute Gasteiger partial charge is 0.310 e. The number of amides is 2. The first-order valence-electron chi connectivity index (χ1n) is 9.40. The minimum absolute atomic E-state index is 0.0301. The van der Waals surface area contributed by atoms with E-state index in [1.54, 1.807) is 24.3 Å². The van der Waals surface area contributed by atoms with E-state index in [0.29, 0.717) is 5.69 Å². The number of carbonyl (C=O) groups excluding carboxylic acids is 3. The summed E-state index contributed by atoms with van der Waals surface area (Å²) in [6.07, 6.45) is 3.01. The average Bonchev–Trinajstić information content (AvgIpc) is 2.68. The van der Waals surface area contributed by atoms with Crippen LogP contribution < -0.4 is 10.6 Å². The van der Waals surface area contributed by atoms with E-state index in [0.717, 1.165) is 30.4 Å². The van der Waals surface area contributed by atoms with Crippen LogP contribution in [0.15, 0.2) is 48.5 Å². The summed E-state index contributed by atoms with van der Waals surface area (Å²) in [5, 5.41) is 5.63. The molecule has 1 atom stereocenters. The first kappa shape index (κ1) is 19.6. The van der Waals surface area contributed by atoms with Crippen molar-refractivity contribution in [2.45, 2.75) is 38.6 Å². The zero-order valence-corrected chi connectivity index (χ0v) is 15.9. The van der Waals surface area contributed by atoms with Gasteiger partial charge in [0.25, 0.3) is 5.91 Å². The van der Waals surface area contributed by atoms with Crippen molar-refractivity contribution < 1.29 is 19.1 Å².